The predicted octanol–water partition coefficient (Wildman–Crippen LogP) is 2.67. The van der Waals surface area contributed by atoms with Crippen LogP contribution in [-0.2, 0) is 0 Å². The lowest BCUT2D eigenvalue weighted by atomic mass is 9.73. The molecular formula is C13H16ClFN2. The van der Waals surface area contributed by atoms with Crippen LogP contribution >= 0.6 is 11.6 Å². The standard InChI is InChI=1S/C13H16ClFN2/c14-11-7-10(1-2-12(11)15)17-5-3-13(4-6-17)8-16-9-13/h1-2,7,16H,3-6,8-9H2. The fourth-order valence-corrected chi connectivity index (χ4v) is 2.93. The molecule has 0 unspecified atom stereocenters. The van der Waals surface area contributed by atoms with Gasteiger partial charge in [-0.3, -0.25) is 0 Å². The van der Waals surface area contributed by atoms with Crippen molar-refractivity contribution in [3.8, 4) is 0 Å². The SMILES string of the molecule is Fc1ccc(N2CCC3(CC2)CNC3)cc1Cl. The monoisotopic (exact) mass is 254 g/mol. The molecule has 2 saturated heterocycles. The minimum atomic E-state index is -0.341. The summed E-state index contributed by atoms with van der Waals surface area (Å²) in [4.78, 5) is 2.30. The second kappa shape index (κ2) is 4.14. The first-order valence-electron chi connectivity index (χ1n) is 6.09. The van der Waals surface area contributed by atoms with Gasteiger partial charge in [0.2, 0.25) is 0 Å². The minimum Gasteiger partial charge on any atom is -0.371 e. The van der Waals surface area contributed by atoms with Gasteiger partial charge in [0.05, 0.1) is 5.02 Å². The fourth-order valence-electron chi connectivity index (χ4n) is 2.75. The van der Waals surface area contributed by atoms with Crippen LogP contribution in [0.2, 0.25) is 5.02 Å². The fraction of sp³-hybridized carbons (Fsp3) is 0.538. The van der Waals surface area contributed by atoms with Gasteiger partial charge in [-0.25, -0.2) is 4.39 Å². The average molecular weight is 255 g/mol. The molecule has 0 aromatic heterocycles. The molecule has 2 heterocycles. The second-order valence-corrected chi connectivity index (χ2v) is 5.60. The molecule has 2 aliphatic heterocycles. The summed E-state index contributed by atoms with van der Waals surface area (Å²) in [6, 6.07) is 5.00. The maximum Gasteiger partial charge on any atom is 0.141 e. The predicted molar refractivity (Wildman–Crippen MR) is 68.2 cm³/mol. The van der Waals surface area contributed by atoms with Crippen molar-refractivity contribution in [1.29, 1.82) is 0 Å². The zero-order valence-electron chi connectivity index (χ0n) is 9.68. The molecule has 2 nitrogen and oxygen atoms in total. The zero-order chi connectivity index (χ0) is 11.9. The van der Waals surface area contributed by atoms with E-state index in [0.29, 0.717) is 5.41 Å². The second-order valence-electron chi connectivity index (χ2n) is 5.19. The lowest BCUT2D eigenvalue weighted by Crippen LogP contribution is -2.58. The third-order valence-electron chi connectivity index (χ3n) is 4.09. The Kier molecular flexibility index (Phi) is 2.75. The van der Waals surface area contributed by atoms with E-state index in [1.807, 2.05) is 6.07 Å². The molecule has 0 atom stereocenters. The van der Waals surface area contributed by atoms with Crippen LogP contribution in [0.25, 0.3) is 0 Å². The summed E-state index contributed by atoms with van der Waals surface area (Å²) in [5.74, 6) is -0.341. The number of rotatable bonds is 1. The number of nitrogens with one attached hydrogen (secondary N) is 1. The molecule has 1 N–H and O–H groups in total. The van der Waals surface area contributed by atoms with E-state index in [-0.39, 0.29) is 10.8 Å². The number of nitrogens with zero attached hydrogens (tertiary/aromatic N) is 1. The van der Waals surface area contributed by atoms with Crippen LogP contribution in [0.5, 0.6) is 0 Å². The van der Waals surface area contributed by atoms with Crippen molar-refractivity contribution >= 4 is 17.3 Å². The molecule has 3 rings (SSSR count). The van der Waals surface area contributed by atoms with E-state index in [2.05, 4.69) is 10.2 Å². The number of anilines is 1. The highest BCUT2D eigenvalue weighted by atomic mass is 35.5. The number of hydrogen-bond donors (Lipinski definition) is 1. The van der Waals surface area contributed by atoms with E-state index in [9.17, 15) is 4.39 Å². The molecule has 0 aliphatic carbocycles. The zero-order valence-corrected chi connectivity index (χ0v) is 10.4. The van der Waals surface area contributed by atoms with Crippen LogP contribution in [0.1, 0.15) is 12.8 Å². The summed E-state index contributed by atoms with van der Waals surface area (Å²) in [5.41, 5.74) is 1.58. The Balaban J connectivity index is 1.71. The van der Waals surface area contributed by atoms with E-state index in [1.165, 1.54) is 18.9 Å². The maximum absolute atomic E-state index is 13.1. The van der Waals surface area contributed by atoms with Crippen molar-refractivity contribution in [3.63, 3.8) is 0 Å². The minimum absolute atomic E-state index is 0.216. The van der Waals surface area contributed by atoms with Crippen molar-refractivity contribution in [2.75, 3.05) is 31.1 Å². The van der Waals surface area contributed by atoms with Crippen molar-refractivity contribution in [3.05, 3.63) is 29.0 Å². The van der Waals surface area contributed by atoms with Gasteiger partial charge >= 0.3 is 0 Å². The smallest absolute Gasteiger partial charge is 0.141 e. The van der Waals surface area contributed by atoms with E-state index < -0.39 is 0 Å². The lowest BCUT2D eigenvalue weighted by molar-refractivity contribution is 0.126. The molecule has 0 saturated carbocycles. The van der Waals surface area contributed by atoms with Gasteiger partial charge in [0, 0.05) is 31.9 Å². The summed E-state index contributed by atoms with van der Waals surface area (Å²) in [6.45, 7) is 4.41. The van der Waals surface area contributed by atoms with Crippen LogP contribution in [0, 0.1) is 11.2 Å². The number of benzene rings is 1. The van der Waals surface area contributed by atoms with Gasteiger partial charge in [-0.2, -0.15) is 0 Å². The Hall–Kier alpha value is -0.800. The van der Waals surface area contributed by atoms with Gasteiger partial charge in [-0.05, 0) is 36.5 Å². The highest BCUT2D eigenvalue weighted by Gasteiger charge is 2.39. The van der Waals surface area contributed by atoms with Gasteiger partial charge in [0.25, 0.3) is 0 Å². The van der Waals surface area contributed by atoms with Crippen LogP contribution < -0.4 is 10.2 Å². The van der Waals surface area contributed by atoms with E-state index in [4.69, 9.17) is 11.6 Å². The quantitative estimate of drug-likeness (QED) is 0.829. The molecule has 1 aromatic carbocycles. The Bertz CT molecular complexity index is 421. The van der Waals surface area contributed by atoms with Crippen LogP contribution in [-0.4, -0.2) is 26.2 Å². The van der Waals surface area contributed by atoms with Crippen LogP contribution in [0.3, 0.4) is 0 Å². The van der Waals surface area contributed by atoms with Crippen molar-refractivity contribution in [1.82, 2.24) is 5.32 Å². The molecule has 2 fully saturated rings. The normalized spacial score (nSPS) is 22.6. The summed E-state index contributed by atoms with van der Waals surface area (Å²) in [7, 11) is 0. The third-order valence-corrected chi connectivity index (χ3v) is 4.38. The van der Waals surface area contributed by atoms with E-state index >= 15 is 0 Å². The Morgan fingerprint density at radius 3 is 2.47 bits per heavy atom. The van der Waals surface area contributed by atoms with E-state index in [0.717, 1.165) is 31.9 Å². The summed E-state index contributed by atoms with van der Waals surface area (Å²) in [5, 5.41) is 3.57. The van der Waals surface area contributed by atoms with Gasteiger partial charge < -0.3 is 10.2 Å². The summed E-state index contributed by atoms with van der Waals surface area (Å²) >= 11 is 5.82. The van der Waals surface area contributed by atoms with Crippen molar-refractivity contribution in [2.45, 2.75) is 12.8 Å². The van der Waals surface area contributed by atoms with Crippen molar-refractivity contribution < 1.29 is 4.39 Å². The molecule has 1 spiro atoms. The van der Waals surface area contributed by atoms with Crippen molar-refractivity contribution in [2.24, 2.45) is 5.41 Å². The summed E-state index contributed by atoms with van der Waals surface area (Å²) in [6.07, 6.45) is 2.43. The van der Waals surface area contributed by atoms with E-state index in [1.54, 1.807) is 6.07 Å². The first-order valence-corrected chi connectivity index (χ1v) is 6.47. The Morgan fingerprint density at radius 1 is 1.24 bits per heavy atom. The lowest BCUT2D eigenvalue weighted by Gasteiger charge is -2.49. The molecule has 92 valence electrons. The number of piperidine rings is 1. The molecule has 0 radical (unpaired) electrons. The first-order chi connectivity index (χ1) is 8.19. The van der Waals surface area contributed by atoms with Crippen LogP contribution in [0.15, 0.2) is 18.2 Å². The number of halogens is 2. The molecule has 17 heavy (non-hydrogen) atoms. The largest absolute Gasteiger partial charge is 0.371 e. The molecule has 0 bridgehead atoms. The average Bonchev–Trinajstić information content (AvgIpc) is 2.31. The molecule has 0 amide bonds. The Labute approximate surface area is 106 Å². The number of hydrogen-bond acceptors (Lipinski definition) is 2. The molecule has 1 aromatic rings. The third kappa shape index (κ3) is 2.02. The van der Waals surface area contributed by atoms with Gasteiger partial charge in [0.15, 0.2) is 0 Å². The summed E-state index contributed by atoms with van der Waals surface area (Å²) < 4.78 is 13.1. The van der Waals surface area contributed by atoms with Gasteiger partial charge in [-0.1, -0.05) is 11.6 Å². The van der Waals surface area contributed by atoms with Gasteiger partial charge in [0.1, 0.15) is 5.82 Å². The molecule has 4 heteroatoms. The topological polar surface area (TPSA) is 15.3 Å². The van der Waals surface area contributed by atoms with Crippen LogP contribution in [0.4, 0.5) is 10.1 Å². The highest BCUT2D eigenvalue weighted by Crippen LogP contribution is 2.36. The Morgan fingerprint density at radius 2 is 1.94 bits per heavy atom. The van der Waals surface area contributed by atoms with Gasteiger partial charge in [-0.15, -0.1) is 0 Å². The maximum atomic E-state index is 13.1. The molecule has 2 aliphatic rings. The highest BCUT2D eigenvalue weighted by molar-refractivity contribution is 6.31. The molecular weight excluding hydrogens is 239 g/mol. The first kappa shape index (κ1) is 11.3.